The zero-order valence-electron chi connectivity index (χ0n) is 14.9. The molecule has 136 valence electrons. The van der Waals surface area contributed by atoms with Gasteiger partial charge in [0.2, 0.25) is 10.0 Å². The van der Waals surface area contributed by atoms with Crippen LogP contribution in [-0.2, 0) is 16.6 Å². The van der Waals surface area contributed by atoms with E-state index in [4.69, 9.17) is 0 Å². The van der Waals surface area contributed by atoms with E-state index in [9.17, 15) is 8.42 Å². The van der Waals surface area contributed by atoms with Gasteiger partial charge in [0.05, 0.1) is 5.75 Å². The first-order valence-corrected chi connectivity index (χ1v) is 10.0. The lowest BCUT2D eigenvalue weighted by molar-refractivity contribution is 0.549. The molecule has 0 aliphatic carbocycles. The number of benzene rings is 1. The predicted molar refractivity (Wildman–Crippen MR) is 101 cm³/mol. The van der Waals surface area contributed by atoms with Gasteiger partial charge in [-0.2, -0.15) is 0 Å². The van der Waals surface area contributed by atoms with Crippen molar-refractivity contribution in [3.05, 3.63) is 35.9 Å². The lowest BCUT2D eigenvalue weighted by Crippen LogP contribution is -2.41. The highest BCUT2D eigenvalue weighted by Crippen LogP contribution is 2.01. The molecule has 24 heavy (non-hydrogen) atoms. The summed E-state index contributed by atoms with van der Waals surface area (Å²) < 4.78 is 26.6. The summed E-state index contributed by atoms with van der Waals surface area (Å²) in [4.78, 5) is 4.10. The van der Waals surface area contributed by atoms with Crippen LogP contribution < -0.4 is 15.4 Å². The summed E-state index contributed by atoms with van der Waals surface area (Å²) in [7, 11) is -1.63. The van der Waals surface area contributed by atoms with Crippen molar-refractivity contribution in [3.8, 4) is 0 Å². The standard InChI is InChI=1S/C17H30N4O2S/c1-15(2)8-7-11-19-17(18-3)20-12-13-24(22,23)21-14-16-9-5-4-6-10-16/h4-6,9-10,15,21H,7-8,11-14H2,1-3H3,(H2,18,19,20). The lowest BCUT2D eigenvalue weighted by Gasteiger charge is -2.13. The molecule has 0 heterocycles. The monoisotopic (exact) mass is 354 g/mol. The van der Waals surface area contributed by atoms with Crippen molar-refractivity contribution < 1.29 is 8.42 Å². The van der Waals surface area contributed by atoms with Crippen molar-refractivity contribution in [2.24, 2.45) is 10.9 Å². The number of sulfonamides is 1. The van der Waals surface area contributed by atoms with Crippen molar-refractivity contribution >= 4 is 16.0 Å². The minimum Gasteiger partial charge on any atom is -0.356 e. The Morgan fingerprint density at radius 3 is 2.42 bits per heavy atom. The van der Waals surface area contributed by atoms with Crippen LogP contribution in [0.4, 0.5) is 0 Å². The van der Waals surface area contributed by atoms with Crippen molar-refractivity contribution in [1.82, 2.24) is 15.4 Å². The number of aliphatic imine (C=N–C) groups is 1. The molecule has 0 spiro atoms. The number of guanidine groups is 1. The Balaban J connectivity index is 2.25. The lowest BCUT2D eigenvalue weighted by atomic mass is 10.1. The fraction of sp³-hybridized carbons (Fsp3) is 0.588. The first-order valence-electron chi connectivity index (χ1n) is 8.38. The van der Waals surface area contributed by atoms with E-state index in [1.54, 1.807) is 7.05 Å². The first-order chi connectivity index (χ1) is 11.4. The Kier molecular flexibility index (Phi) is 9.41. The molecule has 3 N–H and O–H groups in total. The molecule has 0 saturated heterocycles. The molecule has 1 aromatic carbocycles. The van der Waals surface area contributed by atoms with E-state index in [1.807, 2.05) is 30.3 Å². The Hall–Kier alpha value is -1.60. The summed E-state index contributed by atoms with van der Waals surface area (Å²) in [6, 6.07) is 9.47. The fourth-order valence-corrected chi connectivity index (χ4v) is 3.00. The highest BCUT2D eigenvalue weighted by Gasteiger charge is 2.10. The maximum Gasteiger partial charge on any atom is 0.213 e. The molecule has 0 radical (unpaired) electrons. The second-order valence-corrected chi connectivity index (χ2v) is 8.01. The molecule has 0 fully saturated rings. The summed E-state index contributed by atoms with van der Waals surface area (Å²) in [5.74, 6) is 1.33. The van der Waals surface area contributed by atoms with E-state index >= 15 is 0 Å². The van der Waals surface area contributed by atoms with Crippen LogP contribution >= 0.6 is 0 Å². The molecule has 0 unspecified atom stereocenters. The molecule has 0 bridgehead atoms. The topological polar surface area (TPSA) is 82.6 Å². The number of hydrogen-bond donors (Lipinski definition) is 3. The molecular formula is C17H30N4O2S. The number of nitrogens with one attached hydrogen (secondary N) is 3. The van der Waals surface area contributed by atoms with Gasteiger partial charge in [0, 0.05) is 26.7 Å². The van der Waals surface area contributed by atoms with Gasteiger partial charge < -0.3 is 10.6 Å². The summed E-state index contributed by atoms with van der Waals surface area (Å²) in [6.45, 7) is 5.84. The third-order valence-electron chi connectivity index (χ3n) is 3.48. The van der Waals surface area contributed by atoms with E-state index in [-0.39, 0.29) is 5.75 Å². The van der Waals surface area contributed by atoms with Crippen LogP contribution in [0.25, 0.3) is 0 Å². The maximum atomic E-state index is 12.0. The van der Waals surface area contributed by atoms with Gasteiger partial charge in [-0.15, -0.1) is 0 Å². The highest BCUT2D eigenvalue weighted by molar-refractivity contribution is 7.89. The van der Waals surface area contributed by atoms with Crippen LogP contribution in [0.1, 0.15) is 32.3 Å². The third kappa shape index (κ3) is 9.52. The molecule has 6 nitrogen and oxygen atoms in total. The van der Waals surface area contributed by atoms with Crippen molar-refractivity contribution in [2.75, 3.05) is 25.9 Å². The van der Waals surface area contributed by atoms with Crippen LogP contribution in [0.15, 0.2) is 35.3 Å². The van der Waals surface area contributed by atoms with Crippen LogP contribution in [0, 0.1) is 5.92 Å². The molecule has 0 aliphatic rings. The number of rotatable bonds is 10. The molecule has 0 aliphatic heterocycles. The molecular weight excluding hydrogens is 324 g/mol. The van der Waals surface area contributed by atoms with E-state index in [0.29, 0.717) is 25.0 Å². The molecule has 1 aromatic rings. The van der Waals surface area contributed by atoms with Gasteiger partial charge in [-0.05, 0) is 24.3 Å². The summed E-state index contributed by atoms with van der Waals surface area (Å²) in [5, 5.41) is 6.22. The largest absolute Gasteiger partial charge is 0.356 e. The van der Waals surface area contributed by atoms with Crippen LogP contribution in [0.5, 0.6) is 0 Å². The molecule has 7 heteroatoms. The van der Waals surface area contributed by atoms with Crippen LogP contribution in [0.2, 0.25) is 0 Å². The second kappa shape index (κ2) is 11.0. The van der Waals surface area contributed by atoms with Crippen LogP contribution in [-0.4, -0.2) is 40.3 Å². The van der Waals surface area contributed by atoms with Gasteiger partial charge in [-0.3, -0.25) is 4.99 Å². The van der Waals surface area contributed by atoms with Gasteiger partial charge in [-0.1, -0.05) is 44.2 Å². The Morgan fingerprint density at radius 2 is 1.79 bits per heavy atom. The zero-order chi connectivity index (χ0) is 17.8. The van der Waals surface area contributed by atoms with Crippen molar-refractivity contribution in [2.45, 2.75) is 33.2 Å². The Morgan fingerprint density at radius 1 is 1.12 bits per heavy atom. The molecule has 0 aromatic heterocycles. The highest BCUT2D eigenvalue weighted by atomic mass is 32.2. The van der Waals surface area contributed by atoms with Gasteiger partial charge in [0.1, 0.15) is 0 Å². The van der Waals surface area contributed by atoms with E-state index in [0.717, 1.165) is 24.9 Å². The van der Waals surface area contributed by atoms with Crippen LogP contribution in [0.3, 0.4) is 0 Å². The van der Waals surface area contributed by atoms with Gasteiger partial charge in [0.25, 0.3) is 0 Å². The van der Waals surface area contributed by atoms with Crippen molar-refractivity contribution in [1.29, 1.82) is 0 Å². The maximum absolute atomic E-state index is 12.0. The fourth-order valence-electron chi connectivity index (χ4n) is 2.10. The van der Waals surface area contributed by atoms with Gasteiger partial charge in [0.15, 0.2) is 5.96 Å². The summed E-state index contributed by atoms with van der Waals surface area (Å²) >= 11 is 0. The second-order valence-electron chi connectivity index (χ2n) is 6.09. The minimum absolute atomic E-state index is 0.00648. The average molecular weight is 355 g/mol. The summed E-state index contributed by atoms with van der Waals surface area (Å²) in [6.07, 6.45) is 2.22. The molecule has 0 amide bonds. The average Bonchev–Trinajstić information content (AvgIpc) is 2.56. The SMILES string of the molecule is CN=C(NCCCC(C)C)NCCS(=O)(=O)NCc1ccccc1. The first kappa shape index (κ1) is 20.4. The molecule has 0 atom stereocenters. The molecule has 1 rings (SSSR count). The van der Waals surface area contributed by atoms with E-state index < -0.39 is 10.0 Å². The number of hydrogen-bond acceptors (Lipinski definition) is 3. The summed E-state index contributed by atoms with van der Waals surface area (Å²) in [5.41, 5.74) is 0.941. The quantitative estimate of drug-likeness (QED) is 0.339. The van der Waals surface area contributed by atoms with Gasteiger partial charge in [-0.25, -0.2) is 13.1 Å². The zero-order valence-corrected chi connectivity index (χ0v) is 15.7. The van der Waals surface area contributed by atoms with E-state index in [2.05, 4.69) is 34.2 Å². The predicted octanol–water partition coefficient (Wildman–Crippen LogP) is 1.71. The third-order valence-corrected chi connectivity index (χ3v) is 4.80. The number of nitrogens with zero attached hydrogens (tertiary/aromatic N) is 1. The minimum atomic E-state index is -3.32. The van der Waals surface area contributed by atoms with Crippen molar-refractivity contribution in [3.63, 3.8) is 0 Å². The molecule has 0 saturated carbocycles. The Labute approximate surface area is 146 Å². The van der Waals surface area contributed by atoms with E-state index in [1.165, 1.54) is 0 Å². The smallest absolute Gasteiger partial charge is 0.213 e. The van der Waals surface area contributed by atoms with Gasteiger partial charge >= 0.3 is 0 Å². The Bertz CT molecular complexity index is 586. The normalized spacial score (nSPS) is 12.4.